The zero-order valence-electron chi connectivity index (χ0n) is 24.2. The van der Waals surface area contributed by atoms with Gasteiger partial charge in [-0.05, 0) is 67.9 Å². The van der Waals surface area contributed by atoms with Crippen LogP contribution >= 0.6 is 0 Å². The monoisotopic (exact) mass is 582 g/mol. The van der Waals surface area contributed by atoms with Crippen molar-refractivity contribution in [3.63, 3.8) is 0 Å². The zero-order valence-corrected chi connectivity index (χ0v) is 24.2. The van der Waals surface area contributed by atoms with Gasteiger partial charge in [-0.1, -0.05) is 0 Å². The fourth-order valence-corrected chi connectivity index (χ4v) is 7.30. The number of imidazole rings is 1. The van der Waals surface area contributed by atoms with Crippen LogP contribution in [0.25, 0.3) is 33.6 Å². The minimum atomic E-state index is -0.564. The Kier molecular flexibility index (Phi) is 5.81. The summed E-state index contributed by atoms with van der Waals surface area (Å²) in [6.07, 6.45) is 4.34. The number of carbonyl (C=O) groups excluding carboxylic acids is 3. The van der Waals surface area contributed by atoms with E-state index in [2.05, 4.69) is 21.3 Å². The normalized spacial score (nSPS) is 25.0. The minimum absolute atomic E-state index is 0.0300. The lowest BCUT2D eigenvalue weighted by atomic mass is 10.0. The highest BCUT2D eigenvalue weighted by molar-refractivity contribution is 6.01. The number of carbonyl (C=O) groups is 3. The van der Waals surface area contributed by atoms with E-state index in [1.807, 2.05) is 40.8 Å². The Balaban J connectivity index is 1.22. The number of nitrogens with zero attached hydrogens (tertiary/aromatic N) is 5. The van der Waals surface area contributed by atoms with Crippen LogP contribution in [0.1, 0.15) is 47.7 Å². The number of nitrogens with one attached hydrogen (secondary N) is 2. The lowest BCUT2D eigenvalue weighted by Crippen LogP contribution is -2.51. The number of piperidine rings is 1. The Hall–Kier alpha value is -4.45. The molecular formula is C31H34N8O4. The van der Waals surface area contributed by atoms with Crippen molar-refractivity contribution < 1.29 is 19.1 Å². The number of aromatic nitrogens is 4. The number of ether oxygens (including phenoxy) is 1. The van der Waals surface area contributed by atoms with E-state index in [0.29, 0.717) is 40.9 Å². The van der Waals surface area contributed by atoms with Crippen LogP contribution in [-0.4, -0.2) is 74.1 Å². The molecule has 4 N–H and O–H groups in total. The predicted molar refractivity (Wildman–Crippen MR) is 159 cm³/mol. The quantitative estimate of drug-likeness (QED) is 0.316. The lowest BCUT2D eigenvalue weighted by molar-refractivity contribution is -0.122. The van der Waals surface area contributed by atoms with Crippen molar-refractivity contribution >= 4 is 39.9 Å². The SMILES string of the molecule is COc1cc(C(=O)N2CC3CCC2[C@@H]3N)cc2nc(-c3cc4ccc(C5CNC(=O)NC5=O)nc4n3CC3CC3)n(C)c12. The summed E-state index contributed by atoms with van der Waals surface area (Å²) in [6.45, 7) is 1.68. The molecule has 12 heteroatoms. The number of methoxy groups -OCH3 is 1. The van der Waals surface area contributed by atoms with Crippen molar-refractivity contribution in [2.75, 3.05) is 20.2 Å². The van der Waals surface area contributed by atoms with E-state index < -0.39 is 11.9 Å². The molecule has 4 atom stereocenters. The molecule has 8 rings (SSSR count). The van der Waals surface area contributed by atoms with Gasteiger partial charge in [0.2, 0.25) is 5.91 Å². The predicted octanol–water partition coefficient (Wildman–Crippen LogP) is 2.49. The molecule has 222 valence electrons. The number of pyridine rings is 1. The molecule has 2 bridgehead atoms. The van der Waals surface area contributed by atoms with Gasteiger partial charge in [-0.2, -0.15) is 0 Å². The van der Waals surface area contributed by atoms with Crippen LogP contribution in [0.4, 0.5) is 4.79 Å². The number of rotatable bonds is 6. The molecule has 43 heavy (non-hydrogen) atoms. The number of benzene rings is 1. The van der Waals surface area contributed by atoms with Crippen LogP contribution in [-0.2, 0) is 18.4 Å². The molecule has 2 saturated carbocycles. The van der Waals surface area contributed by atoms with Gasteiger partial charge in [-0.15, -0.1) is 0 Å². The maximum absolute atomic E-state index is 13.7. The number of fused-ring (bicyclic) bond motifs is 4. The molecule has 1 aromatic carbocycles. The van der Waals surface area contributed by atoms with E-state index in [9.17, 15) is 14.4 Å². The molecule has 0 spiro atoms. The summed E-state index contributed by atoms with van der Waals surface area (Å²) < 4.78 is 10.0. The van der Waals surface area contributed by atoms with E-state index in [4.69, 9.17) is 20.4 Å². The van der Waals surface area contributed by atoms with Crippen molar-refractivity contribution in [3.8, 4) is 17.3 Å². The molecule has 4 aromatic rings. The number of imide groups is 1. The zero-order chi connectivity index (χ0) is 29.6. The van der Waals surface area contributed by atoms with Crippen molar-refractivity contribution in [1.82, 2.24) is 34.6 Å². The fourth-order valence-electron chi connectivity index (χ4n) is 7.30. The molecule has 2 aliphatic heterocycles. The second kappa shape index (κ2) is 9.53. The van der Waals surface area contributed by atoms with Crippen LogP contribution in [0.3, 0.4) is 0 Å². The van der Waals surface area contributed by atoms with Crippen molar-refractivity contribution in [1.29, 1.82) is 0 Å². The number of nitrogens with two attached hydrogens (primary N) is 1. The van der Waals surface area contributed by atoms with Gasteiger partial charge in [-0.3, -0.25) is 14.9 Å². The summed E-state index contributed by atoms with van der Waals surface area (Å²) in [4.78, 5) is 49.8. The molecule has 3 aromatic heterocycles. The Morgan fingerprint density at radius 2 is 1.95 bits per heavy atom. The third kappa shape index (κ3) is 4.10. The largest absolute Gasteiger partial charge is 0.494 e. The van der Waals surface area contributed by atoms with Crippen molar-refractivity contribution in [2.45, 2.75) is 50.2 Å². The number of urea groups is 1. The Morgan fingerprint density at radius 3 is 2.65 bits per heavy atom. The van der Waals surface area contributed by atoms with E-state index in [-0.39, 0.29) is 30.4 Å². The summed E-state index contributed by atoms with van der Waals surface area (Å²) >= 11 is 0. The van der Waals surface area contributed by atoms with Crippen LogP contribution < -0.4 is 21.1 Å². The van der Waals surface area contributed by atoms with Crippen molar-refractivity contribution in [3.05, 3.63) is 41.6 Å². The summed E-state index contributed by atoms with van der Waals surface area (Å²) in [5.74, 6) is 1.30. The third-order valence-corrected chi connectivity index (χ3v) is 9.82. The average molecular weight is 583 g/mol. The van der Waals surface area contributed by atoms with E-state index in [1.165, 1.54) is 0 Å². The van der Waals surface area contributed by atoms with Crippen LogP contribution in [0.2, 0.25) is 0 Å². The van der Waals surface area contributed by atoms with Gasteiger partial charge >= 0.3 is 6.03 Å². The fraction of sp³-hybridized carbons (Fsp3) is 0.452. The van der Waals surface area contributed by atoms with E-state index >= 15 is 0 Å². The van der Waals surface area contributed by atoms with Gasteiger partial charge in [-0.25, -0.2) is 14.8 Å². The van der Waals surface area contributed by atoms with Crippen LogP contribution in [0.5, 0.6) is 5.75 Å². The average Bonchev–Trinajstić information content (AvgIpc) is 3.41. The van der Waals surface area contributed by atoms with E-state index in [0.717, 1.165) is 60.3 Å². The highest BCUT2D eigenvalue weighted by Gasteiger charge is 2.47. The first-order valence-electron chi connectivity index (χ1n) is 15.0. The van der Waals surface area contributed by atoms with Gasteiger partial charge in [0.15, 0.2) is 5.82 Å². The first kappa shape index (κ1) is 26.2. The molecular weight excluding hydrogens is 548 g/mol. The Labute approximate surface area is 247 Å². The molecule has 5 heterocycles. The maximum Gasteiger partial charge on any atom is 0.321 e. The molecule has 2 aliphatic carbocycles. The van der Waals surface area contributed by atoms with Gasteiger partial charge in [0.25, 0.3) is 5.91 Å². The maximum atomic E-state index is 13.7. The molecule has 12 nitrogen and oxygen atoms in total. The lowest BCUT2D eigenvalue weighted by Gasteiger charge is -2.27. The minimum Gasteiger partial charge on any atom is -0.494 e. The molecule has 4 amide bonds. The Morgan fingerprint density at radius 1 is 1.12 bits per heavy atom. The van der Waals surface area contributed by atoms with Gasteiger partial charge in [0.05, 0.1) is 29.9 Å². The number of aryl methyl sites for hydroxylation is 1. The summed E-state index contributed by atoms with van der Waals surface area (Å²) in [5.41, 5.74) is 10.7. The van der Waals surface area contributed by atoms with Crippen LogP contribution in [0, 0.1) is 11.8 Å². The highest BCUT2D eigenvalue weighted by Crippen LogP contribution is 2.40. The topological polar surface area (TPSA) is 149 Å². The molecule has 4 aliphatic rings. The first-order valence-corrected chi connectivity index (χ1v) is 15.0. The molecule has 3 unspecified atom stereocenters. The number of likely N-dealkylation sites (tertiary alicyclic amines) is 1. The summed E-state index contributed by atoms with van der Waals surface area (Å²) in [7, 11) is 3.57. The second-order valence-electron chi connectivity index (χ2n) is 12.5. The molecule has 0 radical (unpaired) electrons. The third-order valence-electron chi connectivity index (χ3n) is 9.82. The van der Waals surface area contributed by atoms with Crippen LogP contribution in [0.15, 0.2) is 30.3 Å². The van der Waals surface area contributed by atoms with Gasteiger partial charge in [0, 0.05) is 49.7 Å². The molecule has 2 saturated heterocycles. The second-order valence-corrected chi connectivity index (χ2v) is 12.5. The number of amides is 4. The molecule has 4 fully saturated rings. The van der Waals surface area contributed by atoms with E-state index in [1.54, 1.807) is 7.11 Å². The smallest absolute Gasteiger partial charge is 0.321 e. The van der Waals surface area contributed by atoms with Gasteiger partial charge in [0.1, 0.15) is 16.9 Å². The number of hydrogen-bond donors (Lipinski definition) is 3. The summed E-state index contributed by atoms with van der Waals surface area (Å²) in [6, 6.07) is 9.23. The summed E-state index contributed by atoms with van der Waals surface area (Å²) in [5, 5.41) is 5.98. The standard InChI is InChI=1S/C31H34N8O4/c1-37-26-21(9-18(11-24(26)43-2)30(41)39-14-17-6-8-22(39)25(17)32)35-28(37)23-10-16-5-7-20(19-12-33-31(42)36-29(19)40)34-27(16)38(23)13-15-3-4-15/h5,7,9-11,15,17,19,22,25H,3-4,6,8,12-14,32H2,1-2H3,(H2,33,36,40,42)/t17?,19?,22?,25-/m1/s1. The Bertz CT molecular complexity index is 1840. The number of hydrogen-bond acceptors (Lipinski definition) is 7. The highest BCUT2D eigenvalue weighted by atomic mass is 16.5. The van der Waals surface area contributed by atoms with Crippen molar-refractivity contribution in [2.24, 2.45) is 24.6 Å². The van der Waals surface area contributed by atoms with Gasteiger partial charge < -0.3 is 29.8 Å². The first-order chi connectivity index (χ1) is 20.8.